The molecule has 0 aliphatic carbocycles. The molecule has 0 aromatic heterocycles. The Hall–Kier alpha value is -1.78. The summed E-state index contributed by atoms with van der Waals surface area (Å²) in [6.07, 6.45) is 9.28. The Morgan fingerprint density at radius 1 is 1.26 bits per heavy atom. The first-order valence-corrected chi connectivity index (χ1v) is 8.23. The summed E-state index contributed by atoms with van der Waals surface area (Å²) >= 11 is 6.30. The van der Waals surface area contributed by atoms with E-state index in [1.54, 1.807) is 12.2 Å². The molecule has 0 bridgehead atoms. The van der Waals surface area contributed by atoms with Gasteiger partial charge in [0.05, 0.1) is 5.02 Å². The molecule has 0 saturated carbocycles. The van der Waals surface area contributed by atoms with E-state index in [2.05, 4.69) is 5.32 Å². The van der Waals surface area contributed by atoms with Crippen LogP contribution in [0.3, 0.4) is 0 Å². The lowest BCUT2D eigenvalue weighted by Crippen LogP contribution is -2.26. The number of benzene rings is 1. The smallest absolute Gasteiger partial charge is 0.144 e. The number of hydrogen-bond donors (Lipinski definition) is 1. The first kappa shape index (κ1) is 17.6. The van der Waals surface area contributed by atoms with Crippen LogP contribution in [0, 0.1) is 0 Å². The van der Waals surface area contributed by atoms with Crippen molar-refractivity contribution in [1.29, 1.82) is 0 Å². The Labute approximate surface area is 142 Å². The molecule has 3 nitrogen and oxygen atoms in total. The number of anilines is 1. The van der Waals surface area contributed by atoms with Crippen molar-refractivity contribution >= 4 is 17.3 Å². The van der Waals surface area contributed by atoms with Crippen LogP contribution in [0.4, 0.5) is 10.1 Å². The lowest BCUT2D eigenvalue weighted by Gasteiger charge is -2.24. The summed E-state index contributed by atoms with van der Waals surface area (Å²) in [5, 5.41) is 3.75. The molecule has 0 amide bonds. The van der Waals surface area contributed by atoms with Crippen LogP contribution >= 0.6 is 11.6 Å². The lowest BCUT2D eigenvalue weighted by atomic mass is 10.1. The molecule has 124 valence electrons. The van der Waals surface area contributed by atoms with Gasteiger partial charge in [0.2, 0.25) is 0 Å². The second-order valence-corrected chi connectivity index (χ2v) is 5.30. The lowest BCUT2D eigenvalue weighted by molar-refractivity contribution is 0.257. The number of fused-ring (bicyclic) bond motifs is 1. The highest BCUT2D eigenvalue weighted by Crippen LogP contribution is 2.35. The fourth-order valence-corrected chi connectivity index (χ4v) is 2.66. The van der Waals surface area contributed by atoms with Crippen LogP contribution in [0.5, 0.6) is 5.75 Å². The van der Waals surface area contributed by atoms with E-state index in [1.165, 1.54) is 6.08 Å². The highest BCUT2D eigenvalue weighted by Gasteiger charge is 2.16. The fourth-order valence-electron chi connectivity index (χ4n) is 2.37. The molecule has 23 heavy (non-hydrogen) atoms. The zero-order valence-electron chi connectivity index (χ0n) is 13.5. The van der Waals surface area contributed by atoms with E-state index in [-0.39, 0.29) is 5.83 Å². The van der Waals surface area contributed by atoms with Crippen molar-refractivity contribution in [2.75, 3.05) is 18.2 Å². The largest absolute Gasteiger partial charge is 0.476 e. The van der Waals surface area contributed by atoms with Crippen molar-refractivity contribution in [3.05, 3.63) is 59.0 Å². The minimum atomic E-state index is -0.206. The van der Waals surface area contributed by atoms with Gasteiger partial charge in [-0.15, -0.1) is 0 Å². The average molecular weight is 337 g/mol. The van der Waals surface area contributed by atoms with Gasteiger partial charge < -0.3 is 9.64 Å². The summed E-state index contributed by atoms with van der Waals surface area (Å²) in [6, 6.07) is 3.93. The Bertz CT molecular complexity index is 626. The predicted molar refractivity (Wildman–Crippen MR) is 94.6 cm³/mol. The third-order valence-corrected chi connectivity index (χ3v) is 3.67. The van der Waals surface area contributed by atoms with Crippen molar-refractivity contribution in [3.8, 4) is 5.75 Å². The fraction of sp³-hybridized carbons (Fsp3) is 0.333. The molecule has 0 spiro atoms. The van der Waals surface area contributed by atoms with Crippen molar-refractivity contribution in [2.45, 2.75) is 26.8 Å². The molecule has 0 radical (unpaired) electrons. The monoisotopic (exact) mass is 336 g/mol. The van der Waals surface area contributed by atoms with Crippen LogP contribution in [0.2, 0.25) is 5.02 Å². The average Bonchev–Trinajstić information content (AvgIpc) is 2.69. The highest BCUT2D eigenvalue weighted by molar-refractivity contribution is 6.32. The third kappa shape index (κ3) is 4.60. The van der Waals surface area contributed by atoms with E-state index in [4.69, 9.17) is 16.3 Å². The number of ether oxygens (including phenoxy) is 1. The number of allylic oxidation sites excluding steroid dienone is 4. The molecule has 2 heterocycles. The van der Waals surface area contributed by atoms with Gasteiger partial charge in [0.15, 0.2) is 0 Å². The normalized spacial score (nSPS) is 21.9. The molecule has 0 atom stereocenters. The van der Waals surface area contributed by atoms with Gasteiger partial charge in [-0.1, -0.05) is 37.6 Å². The summed E-state index contributed by atoms with van der Waals surface area (Å²) < 4.78 is 18.8. The van der Waals surface area contributed by atoms with Gasteiger partial charge in [-0.05, 0) is 30.7 Å². The highest BCUT2D eigenvalue weighted by atomic mass is 35.5. The molecule has 0 fully saturated rings. The van der Waals surface area contributed by atoms with Crippen molar-refractivity contribution in [1.82, 2.24) is 5.32 Å². The predicted octanol–water partition coefficient (Wildman–Crippen LogP) is 4.94. The summed E-state index contributed by atoms with van der Waals surface area (Å²) in [6.45, 7) is 5.79. The number of rotatable bonds is 1. The van der Waals surface area contributed by atoms with E-state index in [0.29, 0.717) is 24.7 Å². The van der Waals surface area contributed by atoms with E-state index >= 15 is 0 Å². The summed E-state index contributed by atoms with van der Waals surface area (Å²) in [5.41, 5.74) is 2.00. The first-order valence-electron chi connectivity index (χ1n) is 7.85. The van der Waals surface area contributed by atoms with Gasteiger partial charge in [0.25, 0.3) is 0 Å². The molecule has 1 N–H and O–H groups in total. The van der Waals surface area contributed by atoms with Gasteiger partial charge in [0.1, 0.15) is 18.3 Å². The quantitative estimate of drug-likeness (QED) is 0.786. The number of nitrogens with zero attached hydrogens (tertiary/aromatic N) is 1. The number of nitrogens with one attached hydrogen (secondary N) is 1. The van der Waals surface area contributed by atoms with Gasteiger partial charge in [-0.3, -0.25) is 5.32 Å². The number of hydrogen-bond acceptors (Lipinski definition) is 3. The van der Waals surface area contributed by atoms with Crippen LogP contribution in [-0.2, 0) is 6.54 Å². The van der Waals surface area contributed by atoms with Crippen molar-refractivity contribution in [3.63, 3.8) is 0 Å². The Kier molecular flexibility index (Phi) is 6.68. The zero-order valence-corrected chi connectivity index (χ0v) is 14.2. The minimum Gasteiger partial charge on any atom is -0.476 e. The second kappa shape index (κ2) is 8.75. The summed E-state index contributed by atoms with van der Waals surface area (Å²) in [7, 11) is 0. The van der Waals surface area contributed by atoms with Crippen molar-refractivity contribution in [2.24, 2.45) is 0 Å². The van der Waals surface area contributed by atoms with E-state index in [0.717, 1.165) is 23.5 Å². The molecule has 3 rings (SSSR count). The topological polar surface area (TPSA) is 24.5 Å². The molecular weight excluding hydrogens is 315 g/mol. The van der Waals surface area contributed by atoms with Gasteiger partial charge in [-0.2, -0.15) is 0 Å². The van der Waals surface area contributed by atoms with E-state index in [9.17, 15) is 4.39 Å². The molecule has 1 aromatic rings. The number of halogens is 2. The molecule has 1 aromatic carbocycles. The molecule has 0 saturated heterocycles. The van der Waals surface area contributed by atoms with Crippen molar-refractivity contribution < 1.29 is 9.13 Å². The van der Waals surface area contributed by atoms with Crippen LogP contribution in [0.15, 0.2) is 48.5 Å². The second-order valence-electron chi connectivity index (χ2n) is 4.90. The maximum Gasteiger partial charge on any atom is 0.144 e. The zero-order chi connectivity index (χ0) is 16.7. The maximum atomic E-state index is 13.3. The molecule has 5 heteroatoms. The van der Waals surface area contributed by atoms with Gasteiger partial charge >= 0.3 is 0 Å². The van der Waals surface area contributed by atoms with E-state index in [1.807, 2.05) is 43.2 Å². The van der Waals surface area contributed by atoms with Gasteiger partial charge in [0, 0.05) is 30.5 Å². The van der Waals surface area contributed by atoms with Crippen LogP contribution in [0.1, 0.15) is 25.8 Å². The SMILES string of the molecule is CC.FC1=C/C/C=C\N(c2cc(Cl)c3c(c2)CNCO3)C/C=C\1. The summed E-state index contributed by atoms with van der Waals surface area (Å²) in [5.74, 6) is 0.540. The first-order chi connectivity index (χ1) is 11.2. The summed E-state index contributed by atoms with van der Waals surface area (Å²) in [4.78, 5) is 2.03. The third-order valence-electron chi connectivity index (χ3n) is 3.38. The molecule has 2 aliphatic heterocycles. The van der Waals surface area contributed by atoms with Gasteiger partial charge in [-0.25, -0.2) is 4.39 Å². The molecule has 0 unspecified atom stereocenters. The Balaban J connectivity index is 0.000000924. The van der Waals surface area contributed by atoms with Crippen LogP contribution in [-0.4, -0.2) is 13.3 Å². The molecule has 2 aliphatic rings. The van der Waals surface area contributed by atoms with Crippen LogP contribution in [0.25, 0.3) is 0 Å². The Morgan fingerprint density at radius 2 is 2.09 bits per heavy atom. The molecular formula is C18H22ClFN2O. The van der Waals surface area contributed by atoms with E-state index < -0.39 is 0 Å². The Morgan fingerprint density at radius 3 is 2.91 bits per heavy atom. The maximum absolute atomic E-state index is 13.3. The van der Waals surface area contributed by atoms with Crippen LogP contribution < -0.4 is 15.0 Å². The minimum absolute atomic E-state index is 0.206. The standard InChI is InChI=1S/C16H16ClFN2O.C2H6/c17-15-9-14(8-12-10-19-11-21-16(12)15)20-6-2-1-4-13(18)5-3-7-20;1-2/h2-6,8-9,19H,1,7,10-11H2;1-2H3/b5-3-,6-2-,13-4+;.